The number of aryl methyl sites for hydroxylation is 1. The zero-order valence-electron chi connectivity index (χ0n) is 12.3. The minimum Gasteiger partial charge on any atom is -0.395 e. The molecule has 1 amide bonds. The van der Waals surface area contributed by atoms with Gasteiger partial charge in [0.1, 0.15) is 9.84 Å². The van der Waals surface area contributed by atoms with E-state index < -0.39 is 9.84 Å². The minimum atomic E-state index is -3.09. The number of sulfone groups is 1. The molecule has 0 atom stereocenters. The SMILES string of the molecule is Cc1cc(C(=O)N(C)CCS(C)(=O)=O)sc1C#CCCO. The van der Waals surface area contributed by atoms with Gasteiger partial charge in [-0.2, -0.15) is 0 Å². The summed E-state index contributed by atoms with van der Waals surface area (Å²) in [5, 5.41) is 8.70. The van der Waals surface area contributed by atoms with Crippen LogP contribution in [0.2, 0.25) is 0 Å². The van der Waals surface area contributed by atoms with E-state index in [1.165, 1.54) is 16.2 Å². The fourth-order valence-electron chi connectivity index (χ4n) is 1.50. The van der Waals surface area contributed by atoms with Gasteiger partial charge in [-0.1, -0.05) is 11.8 Å². The second kappa shape index (κ2) is 7.59. The summed E-state index contributed by atoms with van der Waals surface area (Å²) in [5.74, 6) is 5.49. The highest BCUT2D eigenvalue weighted by molar-refractivity contribution is 7.90. The van der Waals surface area contributed by atoms with E-state index in [1.54, 1.807) is 13.1 Å². The molecule has 0 spiro atoms. The Balaban J connectivity index is 2.80. The molecule has 0 fully saturated rings. The van der Waals surface area contributed by atoms with Crippen molar-refractivity contribution >= 4 is 27.1 Å². The molecule has 1 aromatic heterocycles. The van der Waals surface area contributed by atoms with Crippen molar-refractivity contribution in [3.05, 3.63) is 21.4 Å². The van der Waals surface area contributed by atoms with E-state index in [4.69, 9.17) is 5.11 Å². The van der Waals surface area contributed by atoms with Crippen LogP contribution in [-0.4, -0.2) is 56.5 Å². The molecule has 21 heavy (non-hydrogen) atoms. The molecule has 116 valence electrons. The molecule has 0 aromatic carbocycles. The number of aliphatic hydroxyl groups excluding tert-OH is 1. The first-order valence-electron chi connectivity index (χ1n) is 6.38. The topological polar surface area (TPSA) is 74.7 Å². The number of rotatable bonds is 5. The van der Waals surface area contributed by atoms with Crippen molar-refractivity contribution in [3.8, 4) is 11.8 Å². The predicted octanol–water partition coefficient (Wildman–Crippen LogP) is 0.907. The second-order valence-corrected chi connectivity index (χ2v) is 8.07. The van der Waals surface area contributed by atoms with Gasteiger partial charge in [0.25, 0.3) is 5.91 Å². The lowest BCUT2D eigenvalue weighted by atomic mass is 10.2. The molecule has 1 aromatic rings. The number of hydrogen-bond donors (Lipinski definition) is 1. The molecule has 0 saturated carbocycles. The summed E-state index contributed by atoms with van der Waals surface area (Å²) in [4.78, 5) is 14.9. The van der Waals surface area contributed by atoms with Gasteiger partial charge in [0, 0.05) is 26.3 Å². The number of carbonyl (C=O) groups is 1. The van der Waals surface area contributed by atoms with Crippen molar-refractivity contribution < 1.29 is 18.3 Å². The van der Waals surface area contributed by atoms with Crippen LogP contribution in [0.15, 0.2) is 6.07 Å². The zero-order valence-corrected chi connectivity index (χ0v) is 14.0. The largest absolute Gasteiger partial charge is 0.395 e. The van der Waals surface area contributed by atoms with Crippen LogP contribution in [0, 0.1) is 18.8 Å². The summed E-state index contributed by atoms with van der Waals surface area (Å²) in [5.41, 5.74) is 0.908. The highest BCUT2D eigenvalue weighted by Crippen LogP contribution is 2.22. The van der Waals surface area contributed by atoms with Gasteiger partial charge in [-0.15, -0.1) is 11.3 Å². The van der Waals surface area contributed by atoms with Crippen molar-refractivity contribution in [3.63, 3.8) is 0 Å². The first-order valence-corrected chi connectivity index (χ1v) is 9.25. The number of thiophene rings is 1. The van der Waals surface area contributed by atoms with E-state index in [2.05, 4.69) is 11.8 Å². The maximum atomic E-state index is 12.2. The van der Waals surface area contributed by atoms with E-state index >= 15 is 0 Å². The lowest BCUT2D eigenvalue weighted by Crippen LogP contribution is -2.30. The molecule has 5 nitrogen and oxygen atoms in total. The number of amides is 1. The molecule has 0 saturated heterocycles. The monoisotopic (exact) mass is 329 g/mol. The van der Waals surface area contributed by atoms with Crippen LogP contribution in [-0.2, 0) is 9.84 Å². The van der Waals surface area contributed by atoms with Crippen LogP contribution in [0.1, 0.15) is 26.5 Å². The third-order valence-corrected chi connectivity index (χ3v) is 4.78. The molecule has 0 aliphatic rings. The van der Waals surface area contributed by atoms with Crippen molar-refractivity contribution in [1.29, 1.82) is 0 Å². The molecular weight excluding hydrogens is 310 g/mol. The molecule has 1 rings (SSSR count). The summed E-state index contributed by atoms with van der Waals surface area (Å²) in [6.45, 7) is 2.05. The second-order valence-electron chi connectivity index (χ2n) is 4.75. The number of hydrogen-bond acceptors (Lipinski definition) is 5. The molecule has 7 heteroatoms. The Morgan fingerprint density at radius 1 is 1.48 bits per heavy atom. The van der Waals surface area contributed by atoms with Gasteiger partial charge in [0.15, 0.2) is 0 Å². The number of nitrogens with zero attached hydrogens (tertiary/aromatic N) is 1. The van der Waals surface area contributed by atoms with Crippen LogP contribution in [0.25, 0.3) is 0 Å². The van der Waals surface area contributed by atoms with Gasteiger partial charge >= 0.3 is 0 Å². The molecule has 0 aliphatic heterocycles. The lowest BCUT2D eigenvalue weighted by Gasteiger charge is -2.15. The highest BCUT2D eigenvalue weighted by Gasteiger charge is 2.17. The zero-order chi connectivity index (χ0) is 16.0. The van der Waals surface area contributed by atoms with Crippen LogP contribution >= 0.6 is 11.3 Å². The average molecular weight is 329 g/mol. The van der Waals surface area contributed by atoms with Crippen LogP contribution in [0.3, 0.4) is 0 Å². The van der Waals surface area contributed by atoms with Gasteiger partial charge in [-0.25, -0.2) is 8.42 Å². The quantitative estimate of drug-likeness (QED) is 0.815. The summed E-state index contributed by atoms with van der Waals surface area (Å²) in [6, 6.07) is 1.76. The Morgan fingerprint density at radius 2 is 2.14 bits per heavy atom. The third kappa shape index (κ3) is 5.87. The molecule has 0 radical (unpaired) electrons. The fraction of sp³-hybridized carbons (Fsp3) is 0.500. The summed E-state index contributed by atoms with van der Waals surface area (Å²) >= 11 is 1.28. The van der Waals surface area contributed by atoms with Crippen molar-refractivity contribution in [2.45, 2.75) is 13.3 Å². The van der Waals surface area contributed by atoms with Crippen LogP contribution in [0.5, 0.6) is 0 Å². The Bertz CT molecular complexity index is 665. The smallest absolute Gasteiger partial charge is 0.263 e. The van der Waals surface area contributed by atoms with Crippen molar-refractivity contribution in [2.24, 2.45) is 0 Å². The van der Waals surface area contributed by atoms with Crippen LogP contribution in [0.4, 0.5) is 0 Å². The Labute approximate surface area is 129 Å². The van der Waals surface area contributed by atoms with E-state index in [-0.39, 0.29) is 24.8 Å². The van der Waals surface area contributed by atoms with Crippen molar-refractivity contribution in [2.75, 3.05) is 32.2 Å². The van der Waals surface area contributed by atoms with Crippen LogP contribution < -0.4 is 0 Å². The minimum absolute atomic E-state index is 0.0113. The van der Waals surface area contributed by atoms with E-state index in [0.29, 0.717) is 11.3 Å². The maximum Gasteiger partial charge on any atom is 0.263 e. The fourth-order valence-corrected chi connectivity index (χ4v) is 3.15. The van der Waals surface area contributed by atoms with Gasteiger partial charge in [-0.05, 0) is 18.6 Å². The predicted molar refractivity (Wildman–Crippen MR) is 84.3 cm³/mol. The average Bonchev–Trinajstić information content (AvgIpc) is 2.76. The normalized spacial score (nSPS) is 10.9. The Hall–Kier alpha value is -1.36. The lowest BCUT2D eigenvalue weighted by molar-refractivity contribution is 0.0808. The third-order valence-electron chi connectivity index (χ3n) is 2.71. The molecule has 1 N–H and O–H groups in total. The first kappa shape index (κ1) is 17.7. The maximum absolute atomic E-state index is 12.2. The van der Waals surface area contributed by atoms with E-state index in [1.807, 2.05) is 6.92 Å². The molecule has 0 aliphatic carbocycles. The molecule has 0 bridgehead atoms. The Kier molecular flexibility index (Phi) is 6.40. The first-order chi connectivity index (χ1) is 9.74. The van der Waals surface area contributed by atoms with Gasteiger partial charge in [-0.3, -0.25) is 4.79 Å². The summed E-state index contributed by atoms with van der Waals surface area (Å²) in [7, 11) is -1.51. The number of aliphatic hydroxyl groups is 1. The van der Waals surface area contributed by atoms with Crippen molar-refractivity contribution in [1.82, 2.24) is 4.90 Å². The van der Waals surface area contributed by atoms with Gasteiger partial charge in [0.05, 0.1) is 22.1 Å². The van der Waals surface area contributed by atoms with Gasteiger partial charge < -0.3 is 10.0 Å². The highest BCUT2D eigenvalue weighted by atomic mass is 32.2. The molecular formula is C14H19NO4S2. The Morgan fingerprint density at radius 3 is 2.71 bits per heavy atom. The summed E-state index contributed by atoms with van der Waals surface area (Å²) in [6.07, 6.45) is 1.55. The van der Waals surface area contributed by atoms with E-state index in [9.17, 15) is 13.2 Å². The molecule has 0 unspecified atom stereocenters. The molecule has 1 heterocycles. The van der Waals surface area contributed by atoms with E-state index in [0.717, 1.165) is 16.7 Å². The summed E-state index contributed by atoms with van der Waals surface area (Å²) < 4.78 is 22.3. The number of carbonyl (C=O) groups excluding carboxylic acids is 1. The standard InChI is InChI=1S/C14H19NO4S2/c1-11-10-13(20-12(11)6-4-5-8-16)14(17)15(2)7-9-21(3,18)19/h10,16H,5,7-9H2,1-3H3. The van der Waals surface area contributed by atoms with Gasteiger partial charge in [0.2, 0.25) is 0 Å².